The van der Waals surface area contributed by atoms with Crippen LogP contribution in [0.1, 0.15) is 5.56 Å². The second-order valence-electron chi connectivity index (χ2n) is 2.85. The van der Waals surface area contributed by atoms with E-state index in [-0.39, 0.29) is 24.4 Å². The fourth-order valence-corrected chi connectivity index (χ4v) is 1.11. The Morgan fingerprint density at radius 3 is 2.43 bits per heavy atom. The van der Waals surface area contributed by atoms with Crippen LogP contribution in [0.3, 0.4) is 0 Å². The number of hydrogen-bond donors (Lipinski definition) is 0. The van der Waals surface area contributed by atoms with E-state index in [0.29, 0.717) is 0 Å². The molecule has 76 valence electrons. The van der Waals surface area contributed by atoms with Gasteiger partial charge in [0.15, 0.2) is 5.78 Å². The number of Topliss-reactive ketones (excluding diaryl/α,β-unsaturated/α-hetero) is 1. The van der Waals surface area contributed by atoms with Gasteiger partial charge in [0.25, 0.3) is 0 Å². The second kappa shape index (κ2) is 4.81. The highest BCUT2D eigenvalue weighted by Crippen LogP contribution is 2.12. The van der Waals surface area contributed by atoms with Gasteiger partial charge in [0, 0.05) is 19.1 Å². The molecular formula is C10H10F2O2. The van der Waals surface area contributed by atoms with E-state index in [0.717, 1.165) is 12.1 Å². The van der Waals surface area contributed by atoms with Crippen molar-refractivity contribution in [2.75, 3.05) is 13.7 Å². The first-order valence-corrected chi connectivity index (χ1v) is 4.08. The quantitative estimate of drug-likeness (QED) is 0.739. The maximum Gasteiger partial charge on any atom is 0.163 e. The van der Waals surface area contributed by atoms with E-state index >= 15 is 0 Å². The maximum absolute atomic E-state index is 13.0. The molecule has 0 unspecified atom stereocenters. The summed E-state index contributed by atoms with van der Waals surface area (Å²) in [7, 11) is 1.36. The molecule has 0 amide bonds. The van der Waals surface area contributed by atoms with Crippen LogP contribution in [0.5, 0.6) is 0 Å². The summed E-state index contributed by atoms with van der Waals surface area (Å²) in [6, 6.07) is 3.51. The number of rotatable bonds is 4. The van der Waals surface area contributed by atoms with Gasteiger partial charge >= 0.3 is 0 Å². The molecule has 0 aliphatic rings. The Morgan fingerprint density at radius 1 is 1.36 bits per heavy atom. The summed E-state index contributed by atoms with van der Waals surface area (Å²) >= 11 is 0. The van der Waals surface area contributed by atoms with E-state index in [1.54, 1.807) is 0 Å². The number of ketones is 1. The van der Waals surface area contributed by atoms with Gasteiger partial charge in [-0.2, -0.15) is 0 Å². The van der Waals surface area contributed by atoms with Crippen LogP contribution in [0.2, 0.25) is 0 Å². The van der Waals surface area contributed by atoms with Crippen molar-refractivity contribution < 1.29 is 18.3 Å². The fourth-order valence-electron chi connectivity index (χ4n) is 1.11. The SMILES string of the molecule is COCC(=O)Cc1c(F)cccc1F. The number of carbonyl (C=O) groups is 1. The van der Waals surface area contributed by atoms with E-state index in [1.807, 2.05) is 0 Å². The van der Waals surface area contributed by atoms with Crippen LogP contribution in [0, 0.1) is 11.6 Å². The molecule has 0 atom stereocenters. The van der Waals surface area contributed by atoms with Crippen molar-refractivity contribution in [3.8, 4) is 0 Å². The summed E-state index contributed by atoms with van der Waals surface area (Å²) < 4.78 is 30.6. The molecule has 0 bridgehead atoms. The lowest BCUT2D eigenvalue weighted by Crippen LogP contribution is -2.12. The van der Waals surface area contributed by atoms with Crippen LogP contribution in [0.25, 0.3) is 0 Å². The molecule has 2 nitrogen and oxygen atoms in total. The third-order valence-electron chi connectivity index (χ3n) is 1.74. The molecule has 1 aromatic rings. The molecule has 0 aliphatic heterocycles. The number of hydrogen-bond acceptors (Lipinski definition) is 2. The highest BCUT2D eigenvalue weighted by molar-refractivity contribution is 5.82. The molecule has 0 aliphatic carbocycles. The van der Waals surface area contributed by atoms with Gasteiger partial charge in [0.2, 0.25) is 0 Å². The lowest BCUT2D eigenvalue weighted by molar-refractivity contribution is -0.122. The maximum atomic E-state index is 13.0. The predicted octanol–water partition coefficient (Wildman–Crippen LogP) is 1.72. The lowest BCUT2D eigenvalue weighted by Gasteiger charge is -2.03. The first-order chi connectivity index (χ1) is 6.65. The van der Waals surface area contributed by atoms with Crippen molar-refractivity contribution >= 4 is 5.78 Å². The molecule has 14 heavy (non-hydrogen) atoms. The average Bonchev–Trinajstić information content (AvgIpc) is 2.12. The van der Waals surface area contributed by atoms with Crippen molar-refractivity contribution in [2.45, 2.75) is 6.42 Å². The molecule has 1 aromatic carbocycles. The number of halogens is 2. The Morgan fingerprint density at radius 2 is 1.93 bits per heavy atom. The van der Waals surface area contributed by atoms with Gasteiger partial charge in [-0.3, -0.25) is 4.79 Å². The molecule has 0 radical (unpaired) electrons. The molecule has 0 aromatic heterocycles. The van der Waals surface area contributed by atoms with Gasteiger partial charge in [-0.15, -0.1) is 0 Å². The summed E-state index contributed by atoms with van der Waals surface area (Å²) in [6.07, 6.45) is -0.271. The first-order valence-electron chi connectivity index (χ1n) is 4.08. The van der Waals surface area contributed by atoms with Gasteiger partial charge in [-0.1, -0.05) is 6.07 Å². The zero-order valence-electron chi connectivity index (χ0n) is 7.72. The monoisotopic (exact) mass is 200 g/mol. The zero-order valence-corrected chi connectivity index (χ0v) is 7.72. The zero-order chi connectivity index (χ0) is 10.6. The minimum absolute atomic E-state index is 0.131. The third-order valence-corrected chi connectivity index (χ3v) is 1.74. The van der Waals surface area contributed by atoms with Crippen molar-refractivity contribution in [3.63, 3.8) is 0 Å². The first kappa shape index (κ1) is 10.8. The molecular weight excluding hydrogens is 190 g/mol. The standard InChI is InChI=1S/C10H10F2O2/c1-14-6-7(13)5-8-9(11)3-2-4-10(8)12/h2-4H,5-6H2,1H3. The molecule has 1 rings (SSSR count). The van der Waals surface area contributed by atoms with Gasteiger partial charge in [-0.25, -0.2) is 8.78 Å². The van der Waals surface area contributed by atoms with E-state index in [9.17, 15) is 13.6 Å². The van der Waals surface area contributed by atoms with E-state index in [2.05, 4.69) is 4.74 Å². The topological polar surface area (TPSA) is 26.3 Å². The number of ether oxygens (including phenoxy) is 1. The minimum atomic E-state index is -0.700. The number of methoxy groups -OCH3 is 1. The van der Waals surface area contributed by atoms with E-state index in [4.69, 9.17) is 0 Å². The number of carbonyl (C=O) groups excluding carboxylic acids is 1. The average molecular weight is 200 g/mol. The Kier molecular flexibility index (Phi) is 3.71. The van der Waals surface area contributed by atoms with Gasteiger partial charge in [-0.05, 0) is 12.1 Å². The fraction of sp³-hybridized carbons (Fsp3) is 0.300. The molecule has 0 saturated carbocycles. The second-order valence-corrected chi connectivity index (χ2v) is 2.85. The van der Waals surface area contributed by atoms with Crippen molar-refractivity contribution in [2.24, 2.45) is 0 Å². The highest BCUT2D eigenvalue weighted by Gasteiger charge is 2.12. The van der Waals surface area contributed by atoms with Crippen LogP contribution in [0.15, 0.2) is 18.2 Å². The molecule has 0 fully saturated rings. The van der Waals surface area contributed by atoms with Crippen molar-refractivity contribution in [3.05, 3.63) is 35.4 Å². The summed E-state index contributed by atoms with van der Waals surface area (Å²) in [5, 5.41) is 0. The molecule has 0 saturated heterocycles. The Hall–Kier alpha value is -1.29. The van der Waals surface area contributed by atoms with E-state index < -0.39 is 11.6 Å². The normalized spacial score (nSPS) is 10.2. The van der Waals surface area contributed by atoms with Crippen molar-refractivity contribution in [1.29, 1.82) is 0 Å². The Bertz CT molecular complexity index is 317. The van der Waals surface area contributed by atoms with Crippen LogP contribution in [-0.2, 0) is 16.0 Å². The summed E-state index contributed by atoms with van der Waals surface area (Å²) in [4.78, 5) is 11.1. The summed E-state index contributed by atoms with van der Waals surface area (Å²) in [5.74, 6) is -1.75. The van der Waals surface area contributed by atoms with Gasteiger partial charge in [0.1, 0.15) is 18.2 Å². The van der Waals surface area contributed by atoms with Crippen LogP contribution < -0.4 is 0 Å². The molecule has 0 heterocycles. The molecule has 4 heteroatoms. The predicted molar refractivity (Wildman–Crippen MR) is 46.9 cm³/mol. The van der Waals surface area contributed by atoms with Crippen LogP contribution in [-0.4, -0.2) is 19.5 Å². The highest BCUT2D eigenvalue weighted by atomic mass is 19.1. The Labute approximate surface area is 80.5 Å². The van der Waals surface area contributed by atoms with Gasteiger partial charge in [0.05, 0.1) is 0 Å². The van der Waals surface area contributed by atoms with E-state index in [1.165, 1.54) is 13.2 Å². The third kappa shape index (κ3) is 2.60. The summed E-state index contributed by atoms with van der Waals surface area (Å²) in [6.45, 7) is -0.131. The smallest absolute Gasteiger partial charge is 0.163 e. The lowest BCUT2D eigenvalue weighted by atomic mass is 10.1. The van der Waals surface area contributed by atoms with Crippen LogP contribution in [0.4, 0.5) is 8.78 Å². The Balaban J connectivity index is 2.80. The number of benzene rings is 1. The van der Waals surface area contributed by atoms with Crippen LogP contribution >= 0.6 is 0 Å². The molecule has 0 N–H and O–H groups in total. The van der Waals surface area contributed by atoms with Gasteiger partial charge < -0.3 is 4.74 Å². The summed E-state index contributed by atoms with van der Waals surface area (Å²) in [5.41, 5.74) is -0.199. The largest absolute Gasteiger partial charge is 0.377 e. The molecule has 0 spiro atoms. The minimum Gasteiger partial charge on any atom is -0.377 e. The van der Waals surface area contributed by atoms with Crippen molar-refractivity contribution in [1.82, 2.24) is 0 Å².